The molecule has 0 aliphatic carbocycles. The fraction of sp³-hybridized carbons (Fsp3) is 0.692. The van der Waals surface area contributed by atoms with Crippen LogP contribution in [0, 0.1) is 0 Å². The summed E-state index contributed by atoms with van der Waals surface area (Å²) in [5.74, 6) is -2.95. The summed E-state index contributed by atoms with van der Waals surface area (Å²) in [6, 6.07) is -2.79. The standard InChI is InChI=1S/C26H43N5O8/c1-15(32)6-7-19(8-16(2)33)29-25(38)13-21(9-17(3)34)31-26(39)14-22(10-18(4)35)30-24(37)12-20(28-5)11-23(27)36/h19-22,28H,6-14H2,1-5H3,(H2,27,36)(H,29,38)(H,30,37)(H,31,39). The van der Waals surface area contributed by atoms with Crippen LogP contribution >= 0.6 is 0 Å². The zero-order valence-corrected chi connectivity index (χ0v) is 23.5. The number of rotatable bonds is 21. The third kappa shape index (κ3) is 19.3. The van der Waals surface area contributed by atoms with Crippen molar-refractivity contribution in [1.29, 1.82) is 0 Å². The number of ketones is 4. The molecule has 6 N–H and O–H groups in total. The summed E-state index contributed by atoms with van der Waals surface area (Å²) in [5, 5.41) is 10.7. The molecular formula is C26H43N5O8. The molecule has 0 fully saturated rings. The zero-order valence-electron chi connectivity index (χ0n) is 23.5. The van der Waals surface area contributed by atoms with E-state index in [0.717, 1.165) is 0 Å². The minimum Gasteiger partial charge on any atom is -0.370 e. The molecule has 0 aromatic heterocycles. The summed E-state index contributed by atoms with van der Waals surface area (Å²) in [5.41, 5.74) is 5.18. The van der Waals surface area contributed by atoms with Gasteiger partial charge in [-0.2, -0.15) is 0 Å². The Morgan fingerprint density at radius 1 is 0.513 bits per heavy atom. The first-order chi connectivity index (χ1) is 18.1. The van der Waals surface area contributed by atoms with Crippen LogP contribution in [-0.4, -0.2) is 78.0 Å². The molecule has 39 heavy (non-hydrogen) atoms. The molecule has 13 heteroatoms. The average molecular weight is 554 g/mol. The van der Waals surface area contributed by atoms with Gasteiger partial charge in [-0.1, -0.05) is 0 Å². The van der Waals surface area contributed by atoms with Crippen molar-refractivity contribution in [3.63, 3.8) is 0 Å². The zero-order chi connectivity index (χ0) is 30.1. The normalized spacial score (nSPS) is 13.8. The second kappa shape index (κ2) is 18.7. The maximum Gasteiger partial charge on any atom is 0.222 e. The van der Waals surface area contributed by atoms with Gasteiger partial charge in [0, 0.05) is 75.5 Å². The van der Waals surface area contributed by atoms with Gasteiger partial charge in [-0.05, 0) is 41.2 Å². The smallest absolute Gasteiger partial charge is 0.222 e. The second-order valence-electron chi connectivity index (χ2n) is 10.0. The van der Waals surface area contributed by atoms with Crippen molar-refractivity contribution < 1.29 is 38.4 Å². The van der Waals surface area contributed by atoms with E-state index in [1.807, 2.05) is 0 Å². The Labute approximate surface area is 229 Å². The van der Waals surface area contributed by atoms with Crippen LogP contribution in [0.25, 0.3) is 0 Å². The third-order valence-electron chi connectivity index (χ3n) is 5.69. The van der Waals surface area contributed by atoms with Crippen LogP contribution in [0.2, 0.25) is 0 Å². The van der Waals surface area contributed by atoms with Crippen LogP contribution in [0.3, 0.4) is 0 Å². The van der Waals surface area contributed by atoms with Crippen molar-refractivity contribution in [1.82, 2.24) is 21.3 Å². The number of carbonyl (C=O) groups excluding carboxylic acids is 8. The first-order valence-corrected chi connectivity index (χ1v) is 12.9. The monoisotopic (exact) mass is 553 g/mol. The van der Waals surface area contributed by atoms with E-state index in [9.17, 15) is 38.4 Å². The summed E-state index contributed by atoms with van der Waals surface area (Å²) in [6.07, 6.45) is -0.454. The van der Waals surface area contributed by atoms with Gasteiger partial charge in [0.1, 0.15) is 23.1 Å². The van der Waals surface area contributed by atoms with Crippen molar-refractivity contribution in [2.45, 2.75) is 110 Å². The minimum atomic E-state index is -0.862. The molecule has 0 aromatic rings. The molecule has 0 aliphatic rings. The molecule has 0 aromatic carbocycles. The molecule has 0 spiro atoms. The van der Waals surface area contributed by atoms with E-state index >= 15 is 0 Å². The predicted octanol–water partition coefficient (Wildman–Crippen LogP) is -0.619. The molecular weight excluding hydrogens is 510 g/mol. The number of carbonyl (C=O) groups is 8. The van der Waals surface area contributed by atoms with Gasteiger partial charge in [-0.25, -0.2) is 0 Å². The van der Waals surface area contributed by atoms with Gasteiger partial charge in [0.05, 0.1) is 0 Å². The molecule has 4 amide bonds. The van der Waals surface area contributed by atoms with Crippen LogP contribution in [0.15, 0.2) is 0 Å². The molecule has 0 bridgehead atoms. The first kappa shape index (κ1) is 35.5. The van der Waals surface area contributed by atoms with E-state index in [0.29, 0.717) is 0 Å². The van der Waals surface area contributed by atoms with Gasteiger partial charge in [0.25, 0.3) is 0 Å². The lowest BCUT2D eigenvalue weighted by Crippen LogP contribution is -2.46. The Morgan fingerprint density at radius 3 is 1.21 bits per heavy atom. The Kier molecular flexibility index (Phi) is 17.0. The first-order valence-electron chi connectivity index (χ1n) is 12.9. The SMILES string of the molecule is CNC(CC(N)=O)CC(=O)NC(CC(C)=O)CC(=O)NC(CC(C)=O)CC(=O)NC(CCC(C)=O)CC(C)=O. The quantitative estimate of drug-likeness (QED) is 0.122. The molecule has 4 atom stereocenters. The summed E-state index contributed by atoms with van der Waals surface area (Å²) in [7, 11) is 1.57. The van der Waals surface area contributed by atoms with Gasteiger partial charge < -0.3 is 31.8 Å². The number of nitrogens with two attached hydrogens (primary N) is 1. The average Bonchev–Trinajstić information content (AvgIpc) is 2.74. The van der Waals surface area contributed by atoms with Gasteiger partial charge in [-0.15, -0.1) is 0 Å². The Bertz CT molecular complexity index is 920. The van der Waals surface area contributed by atoms with E-state index < -0.39 is 47.8 Å². The minimum absolute atomic E-state index is 0.0447. The van der Waals surface area contributed by atoms with Gasteiger partial charge in [0.2, 0.25) is 23.6 Å². The maximum atomic E-state index is 12.8. The van der Waals surface area contributed by atoms with E-state index in [-0.39, 0.29) is 80.9 Å². The number of amides is 4. The molecule has 0 saturated carbocycles. The summed E-state index contributed by atoms with van der Waals surface area (Å²) in [6.45, 7) is 5.41. The van der Waals surface area contributed by atoms with Crippen LogP contribution < -0.4 is 27.0 Å². The third-order valence-corrected chi connectivity index (χ3v) is 5.69. The molecule has 0 rings (SSSR count). The molecule has 0 saturated heterocycles. The highest BCUT2D eigenvalue weighted by Gasteiger charge is 2.25. The van der Waals surface area contributed by atoms with Crippen LogP contribution in [0.1, 0.15) is 85.5 Å². The fourth-order valence-electron chi connectivity index (χ4n) is 4.04. The lowest BCUT2D eigenvalue weighted by molar-refractivity contribution is -0.125. The molecule has 220 valence electrons. The number of hydrogen-bond donors (Lipinski definition) is 5. The maximum absolute atomic E-state index is 12.8. The van der Waals surface area contributed by atoms with Gasteiger partial charge in [-0.3, -0.25) is 33.6 Å². The number of hydrogen-bond acceptors (Lipinski definition) is 9. The summed E-state index contributed by atoms with van der Waals surface area (Å²) < 4.78 is 0. The highest BCUT2D eigenvalue weighted by atomic mass is 16.2. The highest BCUT2D eigenvalue weighted by Crippen LogP contribution is 2.08. The van der Waals surface area contributed by atoms with Gasteiger partial charge in [0.15, 0.2) is 0 Å². The lowest BCUT2D eigenvalue weighted by Gasteiger charge is -2.23. The fourth-order valence-corrected chi connectivity index (χ4v) is 4.04. The van der Waals surface area contributed by atoms with Crippen LogP contribution in [-0.2, 0) is 38.4 Å². The second-order valence-corrected chi connectivity index (χ2v) is 10.0. The van der Waals surface area contributed by atoms with Crippen molar-refractivity contribution >= 4 is 46.8 Å². The number of Topliss-reactive ketones (excluding diaryl/α,β-unsaturated/α-hetero) is 4. The molecule has 0 aliphatic heterocycles. The van der Waals surface area contributed by atoms with Crippen LogP contribution in [0.5, 0.6) is 0 Å². The Balaban J connectivity index is 5.28. The van der Waals surface area contributed by atoms with Crippen molar-refractivity contribution in [2.75, 3.05) is 7.05 Å². The summed E-state index contributed by atoms with van der Waals surface area (Å²) in [4.78, 5) is 95.5. The Morgan fingerprint density at radius 2 is 0.872 bits per heavy atom. The predicted molar refractivity (Wildman–Crippen MR) is 142 cm³/mol. The van der Waals surface area contributed by atoms with E-state index in [1.54, 1.807) is 7.05 Å². The number of nitrogens with one attached hydrogen (secondary N) is 4. The van der Waals surface area contributed by atoms with Crippen LogP contribution in [0.4, 0.5) is 0 Å². The summed E-state index contributed by atoms with van der Waals surface area (Å²) >= 11 is 0. The Hall–Kier alpha value is -3.48. The van der Waals surface area contributed by atoms with Crippen molar-refractivity contribution in [3.8, 4) is 0 Å². The van der Waals surface area contributed by atoms with Crippen molar-refractivity contribution in [2.24, 2.45) is 5.73 Å². The molecule has 0 heterocycles. The molecule has 4 unspecified atom stereocenters. The van der Waals surface area contributed by atoms with Gasteiger partial charge >= 0.3 is 0 Å². The largest absolute Gasteiger partial charge is 0.370 e. The number of primary amides is 1. The molecule has 0 radical (unpaired) electrons. The van der Waals surface area contributed by atoms with E-state index in [4.69, 9.17) is 5.73 Å². The molecule has 13 nitrogen and oxygen atoms in total. The van der Waals surface area contributed by atoms with E-state index in [1.165, 1.54) is 27.7 Å². The highest BCUT2D eigenvalue weighted by molar-refractivity contribution is 5.86. The topological polar surface area (TPSA) is 211 Å². The van der Waals surface area contributed by atoms with E-state index in [2.05, 4.69) is 21.3 Å². The lowest BCUT2D eigenvalue weighted by atomic mass is 10.0. The van der Waals surface area contributed by atoms with Crippen molar-refractivity contribution in [3.05, 3.63) is 0 Å².